The Morgan fingerprint density at radius 2 is 2.11 bits per heavy atom. The molecule has 19 heavy (non-hydrogen) atoms. The first-order valence-corrected chi connectivity index (χ1v) is 5.47. The third kappa shape index (κ3) is 3.15. The summed E-state index contributed by atoms with van der Waals surface area (Å²) in [6, 6.07) is 6.79. The molecule has 0 aliphatic rings. The number of rotatable bonds is 4. The number of benzene rings is 1. The van der Waals surface area contributed by atoms with Gasteiger partial charge in [-0.2, -0.15) is 4.98 Å². The van der Waals surface area contributed by atoms with Gasteiger partial charge in [0.2, 0.25) is 5.91 Å². The highest BCUT2D eigenvalue weighted by atomic mass is 16.5. The van der Waals surface area contributed by atoms with Gasteiger partial charge in [-0.1, -0.05) is 17.3 Å². The van der Waals surface area contributed by atoms with Crippen LogP contribution in [0.4, 0.5) is 5.69 Å². The van der Waals surface area contributed by atoms with Gasteiger partial charge in [0.15, 0.2) is 5.82 Å². The lowest BCUT2D eigenvalue weighted by molar-refractivity contribution is -0.139. The average Bonchev–Trinajstić information content (AvgIpc) is 2.75. The second kappa shape index (κ2) is 5.30. The summed E-state index contributed by atoms with van der Waals surface area (Å²) < 4.78 is 5.02. The largest absolute Gasteiger partial charge is 0.481 e. The first kappa shape index (κ1) is 12.7. The molecule has 0 saturated carbocycles. The third-order valence-electron chi connectivity index (χ3n) is 2.27. The Balaban J connectivity index is 2.26. The number of hydrogen-bond acceptors (Lipinski definition) is 5. The van der Waals surface area contributed by atoms with Crippen molar-refractivity contribution in [3.05, 3.63) is 30.1 Å². The molecular weight excluding hydrogens is 250 g/mol. The topological polar surface area (TPSA) is 105 Å². The van der Waals surface area contributed by atoms with Crippen LogP contribution >= 0.6 is 0 Å². The van der Waals surface area contributed by atoms with Crippen molar-refractivity contribution in [2.24, 2.45) is 0 Å². The molecule has 2 rings (SSSR count). The molecule has 2 N–H and O–H groups in total. The average molecular weight is 261 g/mol. The Morgan fingerprint density at radius 1 is 1.37 bits per heavy atom. The van der Waals surface area contributed by atoms with E-state index in [-0.39, 0.29) is 5.89 Å². The minimum atomic E-state index is -1.19. The predicted octanol–water partition coefficient (Wildman–Crippen LogP) is 1.46. The highest BCUT2D eigenvalue weighted by Gasteiger charge is 2.14. The molecule has 2 aromatic rings. The lowest BCUT2D eigenvalue weighted by atomic mass is 10.1. The van der Waals surface area contributed by atoms with Crippen molar-refractivity contribution in [1.82, 2.24) is 10.1 Å². The zero-order valence-corrected chi connectivity index (χ0v) is 10.1. The summed E-state index contributed by atoms with van der Waals surface area (Å²) in [5, 5.41) is 14.7. The van der Waals surface area contributed by atoms with E-state index >= 15 is 0 Å². The molecule has 7 heteroatoms. The van der Waals surface area contributed by atoms with Crippen LogP contribution in [0.3, 0.4) is 0 Å². The maximum Gasteiger partial charge on any atom is 0.312 e. The van der Waals surface area contributed by atoms with Crippen molar-refractivity contribution >= 4 is 17.6 Å². The summed E-state index contributed by atoms with van der Waals surface area (Å²) in [5.41, 5.74) is 0.972. The summed E-state index contributed by atoms with van der Waals surface area (Å²) in [5.74, 6) is -1.06. The number of hydrogen-bond donors (Lipinski definition) is 2. The summed E-state index contributed by atoms with van der Waals surface area (Å²) in [6.45, 7) is 1.68. The second-order valence-corrected chi connectivity index (χ2v) is 3.81. The van der Waals surface area contributed by atoms with E-state index in [2.05, 4.69) is 15.5 Å². The van der Waals surface area contributed by atoms with Gasteiger partial charge >= 0.3 is 5.97 Å². The summed E-state index contributed by atoms with van der Waals surface area (Å²) in [7, 11) is 0. The highest BCUT2D eigenvalue weighted by molar-refractivity contribution is 6.03. The molecule has 1 aromatic heterocycles. The summed E-state index contributed by atoms with van der Waals surface area (Å²) >= 11 is 0. The van der Waals surface area contributed by atoms with E-state index in [9.17, 15) is 9.59 Å². The number of aromatic nitrogens is 2. The minimum Gasteiger partial charge on any atom is -0.481 e. The van der Waals surface area contributed by atoms with E-state index in [1.54, 1.807) is 31.2 Å². The maximum absolute atomic E-state index is 11.5. The number of nitrogens with zero attached hydrogens (tertiary/aromatic N) is 2. The SMILES string of the molecule is Cc1noc(-c2ccccc2NC(=O)CC(=O)O)n1. The van der Waals surface area contributed by atoms with Gasteiger partial charge in [0.05, 0.1) is 11.3 Å². The Morgan fingerprint density at radius 3 is 2.74 bits per heavy atom. The van der Waals surface area contributed by atoms with E-state index in [0.717, 1.165) is 0 Å². The zero-order chi connectivity index (χ0) is 13.8. The number of carbonyl (C=O) groups excluding carboxylic acids is 1. The van der Waals surface area contributed by atoms with E-state index in [4.69, 9.17) is 9.63 Å². The molecule has 1 aromatic carbocycles. The normalized spacial score (nSPS) is 10.2. The number of para-hydroxylation sites is 1. The van der Waals surface area contributed by atoms with Crippen LogP contribution in [0.5, 0.6) is 0 Å². The van der Waals surface area contributed by atoms with E-state index < -0.39 is 18.3 Å². The second-order valence-electron chi connectivity index (χ2n) is 3.81. The number of amides is 1. The predicted molar refractivity (Wildman–Crippen MR) is 65.4 cm³/mol. The zero-order valence-electron chi connectivity index (χ0n) is 10.1. The van der Waals surface area contributed by atoms with Crippen LogP contribution < -0.4 is 5.32 Å². The first-order chi connectivity index (χ1) is 9.06. The number of aliphatic carboxylic acids is 1. The van der Waals surface area contributed by atoms with E-state index in [1.165, 1.54) is 0 Å². The van der Waals surface area contributed by atoms with Gasteiger partial charge in [-0.25, -0.2) is 0 Å². The number of carboxylic acid groups (broad SMARTS) is 1. The van der Waals surface area contributed by atoms with Crippen LogP contribution in [0.25, 0.3) is 11.5 Å². The van der Waals surface area contributed by atoms with Gasteiger partial charge in [0.1, 0.15) is 6.42 Å². The first-order valence-electron chi connectivity index (χ1n) is 5.47. The van der Waals surface area contributed by atoms with Crippen LogP contribution in [0.1, 0.15) is 12.2 Å². The lowest BCUT2D eigenvalue weighted by Gasteiger charge is -2.06. The summed E-state index contributed by atoms with van der Waals surface area (Å²) in [4.78, 5) is 26.0. The Labute approximate surface area is 108 Å². The molecule has 0 spiro atoms. The number of carbonyl (C=O) groups is 2. The van der Waals surface area contributed by atoms with Crippen LogP contribution in [0.2, 0.25) is 0 Å². The van der Waals surface area contributed by atoms with Crippen molar-refractivity contribution in [2.75, 3.05) is 5.32 Å². The highest BCUT2D eigenvalue weighted by Crippen LogP contribution is 2.26. The Kier molecular flexibility index (Phi) is 3.56. The molecule has 0 aliphatic heterocycles. The molecule has 98 valence electrons. The van der Waals surface area contributed by atoms with Crippen molar-refractivity contribution in [3.63, 3.8) is 0 Å². The smallest absolute Gasteiger partial charge is 0.312 e. The molecule has 7 nitrogen and oxygen atoms in total. The molecule has 1 amide bonds. The molecular formula is C12H11N3O4. The fraction of sp³-hybridized carbons (Fsp3) is 0.167. The minimum absolute atomic E-state index is 0.267. The fourth-order valence-corrected chi connectivity index (χ4v) is 1.52. The molecule has 0 aliphatic carbocycles. The molecule has 0 unspecified atom stereocenters. The molecule has 0 radical (unpaired) electrons. The van der Waals surface area contributed by atoms with Crippen LogP contribution in [0, 0.1) is 6.92 Å². The standard InChI is InChI=1S/C12H11N3O4/c1-7-13-12(19-15-7)8-4-2-3-5-9(8)14-10(16)6-11(17)18/h2-5H,6H2,1H3,(H,14,16)(H,17,18). The van der Waals surface area contributed by atoms with Crippen molar-refractivity contribution in [3.8, 4) is 11.5 Å². The number of nitrogens with one attached hydrogen (secondary N) is 1. The van der Waals surface area contributed by atoms with E-state index in [0.29, 0.717) is 17.1 Å². The van der Waals surface area contributed by atoms with Gasteiger partial charge in [0, 0.05) is 0 Å². The third-order valence-corrected chi connectivity index (χ3v) is 2.27. The molecule has 0 fully saturated rings. The maximum atomic E-state index is 11.5. The van der Waals surface area contributed by atoms with Crippen LogP contribution in [-0.4, -0.2) is 27.1 Å². The van der Waals surface area contributed by atoms with Gasteiger partial charge in [0.25, 0.3) is 5.89 Å². The van der Waals surface area contributed by atoms with Crippen LogP contribution in [0.15, 0.2) is 28.8 Å². The molecule has 1 heterocycles. The van der Waals surface area contributed by atoms with Crippen LogP contribution in [-0.2, 0) is 9.59 Å². The number of carboxylic acids is 1. The molecule has 0 bridgehead atoms. The molecule has 0 atom stereocenters. The van der Waals surface area contributed by atoms with Gasteiger partial charge in [-0.05, 0) is 19.1 Å². The Hall–Kier alpha value is -2.70. The molecule has 0 saturated heterocycles. The fourth-order valence-electron chi connectivity index (χ4n) is 1.52. The number of anilines is 1. The van der Waals surface area contributed by atoms with Crippen molar-refractivity contribution < 1.29 is 19.2 Å². The van der Waals surface area contributed by atoms with Crippen molar-refractivity contribution in [1.29, 1.82) is 0 Å². The number of aryl methyl sites for hydroxylation is 1. The quantitative estimate of drug-likeness (QED) is 0.807. The van der Waals surface area contributed by atoms with Crippen molar-refractivity contribution in [2.45, 2.75) is 13.3 Å². The Bertz CT molecular complexity index is 621. The van der Waals surface area contributed by atoms with Gasteiger partial charge < -0.3 is 14.9 Å². The monoisotopic (exact) mass is 261 g/mol. The van der Waals surface area contributed by atoms with E-state index in [1.807, 2.05) is 0 Å². The van der Waals surface area contributed by atoms with Gasteiger partial charge in [-0.3, -0.25) is 9.59 Å². The summed E-state index contributed by atoms with van der Waals surface area (Å²) in [6.07, 6.45) is -0.600. The lowest BCUT2D eigenvalue weighted by Crippen LogP contribution is -2.16. The van der Waals surface area contributed by atoms with Gasteiger partial charge in [-0.15, -0.1) is 0 Å².